The zero-order valence-corrected chi connectivity index (χ0v) is 13.9. The van der Waals surface area contributed by atoms with Crippen molar-refractivity contribution in [2.24, 2.45) is 22.2 Å². The minimum Gasteiger partial charge on any atom is -0.469 e. The Kier molecular flexibility index (Phi) is 4.59. The summed E-state index contributed by atoms with van der Waals surface area (Å²) < 4.78 is 4.86. The fourth-order valence-electron chi connectivity index (χ4n) is 4.14. The van der Waals surface area contributed by atoms with Crippen molar-refractivity contribution in [3.8, 4) is 0 Å². The number of hydrogen-bond donors (Lipinski definition) is 1. The Morgan fingerprint density at radius 1 is 1.27 bits per heavy atom. The molecular weight excluding hydrogens is 278 g/mol. The van der Waals surface area contributed by atoms with Gasteiger partial charge in [-0.25, -0.2) is 0 Å². The summed E-state index contributed by atoms with van der Waals surface area (Å²) in [5.74, 6) is 1.96. The van der Waals surface area contributed by atoms with Crippen molar-refractivity contribution in [2.45, 2.75) is 44.9 Å². The van der Waals surface area contributed by atoms with Crippen LogP contribution in [-0.2, 0) is 9.53 Å². The average Bonchev–Trinajstić information content (AvgIpc) is 3.35. The van der Waals surface area contributed by atoms with Crippen molar-refractivity contribution in [3.63, 3.8) is 0 Å². The number of carbonyl (C=O) groups is 1. The van der Waals surface area contributed by atoms with E-state index in [1.165, 1.54) is 39.2 Å². The standard InChI is InChI=1S/C17H29N3O2/c1-18-16(19-12-17(8-3-9-17)14-4-5-14)20-10-6-13(7-11-20)15(21)22-2/h13-14H,3-12H2,1-2H3,(H,18,19). The Labute approximate surface area is 133 Å². The van der Waals surface area contributed by atoms with Crippen LogP contribution in [-0.4, -0.2) is 50.6 Å². The van der Waals surface area contributed by atoms with Gasteiger partial charge in [0.1, 0.15) is 0 Å². The maximum Gasteiger partial charge on any atom is 0.308 e. The molecule has 1 aliphatic heterocycles. The van der Waals surface area contributed by atoms with E-state index in [1.54, 1.807) is 0 Å². The van der Waals surface area contributed by atoms with Gasteiger partial charge in [-0.1, -0.05) is 6.42 Å². The largest absolute Gasteiger partial charge is 0.469 e. The van der Waals surface area contributed by atoms with Crippen molar-refractivity contribution >= 4 is 11.9 Å². The molecular formula is C17H29N3O2. The highest BCUT2D eigenvalue weighted by atomic mass is 16.5. The number of guanidine groups is 1. The predicted molar refractivity (Wildman–Crippen MR) is 86.7 cm³/mol. The molecule has 5 heteroatoms. The fraction of sp³-hybridized carbons (Fsp3) is 0.882. The highest BCUT2D eigenvalue weighted by Crippen LogP contribution is 2.56. The number of ether oxygens (including phenoxy) is 1. The minimum atomic E-state index is -0.0650. The van der Waals surface area contributed by atoms with E-state index in [0.29, 0.717) is 5.41 Å². The molecule has 5 nitrogen and oxygen atoms in total. The van der Waals surface area contributed by atoms with E-state index in [2.05, 4.69) is 15.2 Å². The summed E-state index contributed by atoms with van der Waals surface area (Å²) in [6, 6.07) is 0. The summed E-state index contributed by atoms with van der Waals surface area (Å²) in [5, 5.41) is 3.62. The predicted octanol–water partition coefficient (Wildman–Crippen LogP) is 2.03. The molecule has 1 heterocycles. The minimum absolute atomic E-state index is 0.0591. The number of hydrogen-bond acceptors (Lipinski definition) is 3. The van der Waals surface area contributed by atoms with Crippen molar-refractivity contribution in [1.82, 2.24) is 10.2 Å². The lowest BCUT2D eigenvalue weighted by molar-refractivity contribution is -0.146. The molecule has 2 saturated carbocycles. The van der Waals surface area contributed by atoms with Gasteiger partial charge in [-0.15, -0.1) is 0 Å². The summed E-state index contributed by atoms with van der Waals surface area (Å²) in [7, 11) is 3.34. The normalized spacial score (nSPS) is 25.5. The molecule has 0 unspecified atom stereocenters. The third-order valence-electron chi connectivity index (χ3n) is 5.93. The van der Waals surface area contributed by atoms with Crippen LogP contribution in [0.4, 0.5) is 0 Å². The first-order valence-corrected chi connectivity index (χ1v) is 8.72. The molecule has 0 spiro atoms. The second-order valence-corrected chi connectivity index (χ2v) is 7.18. The second-order valence-electron chi connectivity index (χ2n) is 7.18. The Hall–Kier alpha value is -1.26. The number of rotatable bonds is 4. The van der Waals surface area contributed by atoms with E-state index in [0.717, 1.165) is 44.4 Å². The van der Waals surface area contributed by atoms with Crippen LogP contribution in [0.2, 0.25) is 0 Å². The third-order valence-corrected chi connectivity index (χ3v) is 5.93. The second kappa shape index (κ2) is 6.47. The van der Waals surface area contributed by atoms with E-state index in [1.807, 2.05) is 7.05 Å². The zero-order valence-electron chi connectivity index (χ0n) is 13.9. The van der Waals surface area contributed by atoms with Gasteiger partial charge in [0, 0.05) is 26.7 Å². The lowest BCUT2D eigenvalue weighted by Gasteiger charge is -2.44. The molecule has 0 atom stereocenters. The molecule has 1 N–H and O–H groups in total. The molecule has 0 aromatic carbocycles. The van der Waals surface area contributed by atoms with Gasteiger partial charge in [0.25, 0.3) is 0 Å². The molecule has 0 aromatic rings. The number of nitrogens with one attached hydrogen (secondary N) is 1. The summed E-state index contributed by atoms with van der Waals surface area (Å²) in [5.41, 5.74) is 0.556. The van der Waals surface area contributed by atoms with Gasteiger partial charge >= 0.3 is 5.97 Å². The molecule has 3 rings (SSSR count). The number of methoxy groups -OCH3 is 1. The number of esters is 1. The van der Waals surface area contributed by atoms with E-state index in [4.69, 9.17) is 4.74 Å². The van der Waals surface area contributed by atoms with Crippen LogP contribution in [0, 0.1) is 17.3 Å². The van der Waals surface area contributed by atoms with Gasteiger partial charge in [0.2, 0.25) is 0 Å². The first-order chi connectivity index (χ1) is 10.7. The Bertz CT molecular complexity index is 433. The van der Waals surface area contributed by atoms with E-state index in [-0.39, 0.29) is 11.9 Å². The molecule has 3 fully saturated rings. The van der Waals surface area contributed by atoms with Crippen LogP contribution in [0.5, 0.6) is 0 Å². The Morgan fingerprint density at radius 2 is 1.95 bits per heavy atom. The first-order valence-electron chi connectivity index (χ1n) is 8.72. The van der Waals surface area contributed by atoms with Gasteiger partial charge in [0.15, 0.2) is 5.96 Å². The lowest BCUT2D eigenvalue weighted by Crippen LogP contribution is -2.51. The van der Waals surface area contributed by atoms with E-state index < -0.39 is 0 Å². The Balaban J connectivity index is 1.49. The molecule has 3 aliphatic rings. The monoisotopic (exact) mass is 307 g/mol. The third kappa shape index (κ3) is 3.08. The topological polar surface area (TPSA) is 53.9 Å². The van der Waals surface area contributed by atoms with Gasteiger partial charge in [0.05, 0.1) is 13.0 Å². The molecule has 0 amide bonds. The molecule has 0 bridgehead atoms. The number of carbonyl (C=O) groups excluding carboxylic acids is 1. The number of aliphatic imine (C=N–C) groups is 1. The smallest absolute Gasteiger partial charge is 0.308 e. The maximum absolute atomic E-state index is 11.6. The van der Waals surface area contributed by atoms with Gasteiger partial charge < -0.3 is 15.0 Å². The molecule has 124 valence electrons. The molecule has 0 radical (unpaired) electrons. The lowest BCUT2D eigenvalue weighted by atomic mass is 9.65. The number of likely N-dealkylation sites (tertiary alicyclic amines) is 1. The summed E-state index contributed by atoms with van der Waals surface area (Å²) in [6.45, 7) is 2.84. The van der Waals surface area contributed by atoms with Gasteiger partial charge in [-0.2, -0.15) is 0 Å². The highest BCUT2D eigenvalue weighted by Gasteiger charge is 2.48. The summed E-state index contributed by atoms with van der Waals surface area (Å²) >= 11 is 0. The quantitative estimate of drug-likeness (QED) is 0.490. The van der Waals surface area contributed by atoms with Crippen molar-refractivity contribution < 1.29 is 9.53 Å². The average molecular weight is 307 g/mol. The van der Waals surface area contributed by atoms with Crippen LogP contribution in [0.25, 0.3) is 0 Å². The van der Waals surface area contributed by atoms with Crippen LogP contribution < -0.4 is 5.32 Å². The van der Waals surface area contributed by atoms with Crippen LogP contribution >= 0.6 is 0 Å². The first kappa shape index (κ1) is 15.6. The van der Waals surface area contributed by atoms with Crippen LogP contribution in [0.3, 0.4) is 0 Å². The molecule has 1 saturated heterocycles. The number of piperidine rings is 1. The fourth-order valence-corrected chi connectivity index (χ4v) is 4.14. The van der Waals surface area contributed by atoms with Crippen molar-refractivity contribution in [3.05, 3.63) is 0 Å². The number of nitrogens with zero attached hydrogens (tertiary/aromatic N) is 2. The van der Waals surface area contributed by atoms with Crippen molar-refractivity contribution in [1.29, 1.82) is 0 Å². The van der Waals surface area contributed by atoms with E-state index >= 15 is 0 Å². The van der Waals surface area contributed by atoms with Gasteiger partial charge in [-0.3, -0.25) is 9.79 Å². The molecule has 2 aliphatic carbocycles. The zero-order chi connectivity index (χ0) is 15.6. The SMILES string of the molecule is CN=C(NCC1(C2CC2)CCC1)N1CCC(C(=O)OC)CC1. The molecule has 22 heavy (non-hydrogen) atoms. The highest BCUT2D eigenvalue weighted by molar-refractivity contribution is 5.80. The molecule has 0 aromatic heterocycles. The van der Waals surface area contributed by atoms with Crippen LogP contribution in [0.1, 0.15) is 44.9 Å². The van der Waals surface area contributed by atoms with E-state index in [9.17, 15) is 4.79 Å². The van der Waals surface area contributed by atoms with Crippen molar-refractivity contribution in [2.75, 3.05) is 33.8 Å². The Morgan fingerprint density at radius 3 is 2.41 bits per heavy atom. The van der Waals surface area contributed by atoms with Crippen LogP contribution in [0.15, 0.2) is 4.99 Å². The summed E-state index contributed by atoms with van der Waals surface area (Å²) in [4.78, 5) is 18.4. The maximum atomic E-state index is 11.6. The summed E-state index contributed by atoms with van der Waals surface area (Å²) in [6.07, 6.45) is 8.72. The van der Waals surface area contributed by atoms with Gasteiger partial charge in [-0.05, 0) is 49.9 Å².